The van der Waals surface area contributed by atoms with E-state index in [9.17, 15) is 0 Å². The van der Waals surface area contributed by atoms with Gasteiger partial charge >= 0.3 is 0 Å². The van der Waals surface area contributed by atoms with Crippen LogP contribution >= 0.6 is 23.2 Å². The van der Waals surface area contributed by atoms with Gasteiger partial charge in [-0.2, -0.15) is 0 Å². The molecule has 118 valence electrons. The zero-order valence-corrected chi connectivity index (χ0v) is 14.7. The van der Waals surface area contributed by atoms with Crippen LogP contribution in [0.1, 0.15) is 20.8 Å². The fraction of sp³-hybridized carbons (Fsp3) is 0.333. The molecular formula is C18H21Cl2NO. The number of nitrogens with zero attached hydrogens (tertiary/aromatic N) is 1. The lowest BCUT2D eigenvalue weighted by atomic mass is 10.0. The minimum Gasteiger partial charge on any atom is -0.473 e. The minimum atomic E-state index is -0.0591. The number of rotatable bonds is 6. The minimum absolute atomic E-state index is 0.0591. The van der Waals surface area contributed by atoms with Crippen molar-refractivity contribution in [1.82, 2.24) is 4.90 Å². The summed E-state index contributed by atoms with van der Waals surface area (Å²) < 4.78 is 6.16. The number of benzene rings is 2. The Morgan fingerprint density at radius 3 is 2.27 bits per heavy atom. The lowest BCUT2D eigenvalue weighted by Crippen LogP contribution is -2.37. The topological polar surface area (TPSA) is 12.5 Å². The molecule has 2 rings (SSSR count). The molecule has 0 spiro atoms. The van der Waals surface area contributed by atoms with Gasteiger partial charge in [0.05, 0.1) is 5.02 Å². The lowest BCUT2D eigenvalue weighted by molar-refractivity contribution is 0.0486. The van der Waals surface area contributed by atoms with E-state index in [4.69, 9.17) is 27.9 Å². The predicted molar refractivity (Wildman–Crippen MR) is 94.9 cm³/mol. The van der Waals surface area contributed by atoms with Crippen molar-refractivity contribution in [1.29, 1.82) is 0 Å². The molecule has 0 aromatic heterocycles. The molecule has 0 heterocycles. The van der Waals surface area contributed by atoms with Gasteiger partial charge in [-0.25, -0.2) is 0 Å². The molecule has 0 aliphatic rings. The Morgan fingerprint density at radius 2 is 1.68 bits per heavy atom. The SMILES string of the molecule is CCN(CC)C(C)Oc1c(Cl)cc(Cl)cc1-c1ccccc1. The van der Waals surface area contributed by atoms with E-state index in [1.54, 1.807) is 6.07 Å². The van der Waals surface area contributed by atoms with Crippen LogP contribution < -0.4 is 4.74 Å². The zero-order valence-electron chi connectivity index (χ0n) is 13.1. The molecule has 4 heteroatoms. The van der Waals surface area contributed by atoms with Crippen LogP contribution in [0.25, 0.3) is 11.1 Å². The van der Waals surface area contributed by atoms with Crippen LogP contribution in [0.5, 0.6) is 5.75 Å². The average molecular weight is 338 g/mol. The van der Waals surface area contributed by atoms with Crippen molar-refractivity contribution in [2.75, 3.05) is 13.1 Å². The van der Waals surface area contributed by atoms with E-state index in [1.165, 1.54) is 0 Å². The van der Waals surface area contributed by atoms with Gasteiger partial charge in [-0.05, 0) is 37.7 Å². The van der Waals surface area contributed by atoms with Crippen molar-refractivity contribution in [3.8, 4) is 16.9 Å². The number of ether oxygens (including phenoxy) is 1. The summed E-state index contributed by atoms with van der Waals surface area (Å²) >= 11 is 12.6. The van der Waals surface area contributed by atoms with Crippen LogP contribution in [0.15, 0.2) is 42.5 Å². The Kier molecular flexibility index (Phi) is 6.13. The monoisotopic (exact) mass is 337 g/mol. The first-order valence-corrected chi connectivity index (χ1v) is 8.27. The molecule has 2 nitrogen and oxygen atoms in total. The lowest BCUT2D eigenvalue weighted by Gasteiger charge is -2.28. The van der Waals surface area contributed by atoms with Crippen LogP contribution in [0.4, 0.5) is 0 Å². The van der Waals surface area contributed by atoms with E-state index in [0.717, 1.165) is 24.2 Å². The molecule has 1 unspecified atom stereocenters. The Morgan fingerprint density at radius 1 is 1.05 bits per heavy atom. The van der Waals surface area contributed by atoms with Gasteiger partial charge in [-0.3, -0.25) is 4.90 Å². The maximum Gasteiger partial charge on any atom is 0.149 e. The highest BCUT2D eigenvalue weighted by Gasteiger charge is 2.18. The van der Waals surface area contributed by atoms with E-state index in [2.05, 4.69) is 18.7 Å². The van der Waals surface area contributed by atoms with E-state index < -0.39 is 0 Å². The Labute approximate surface area is 142 Å². The van der Waals surface area contributed by atoms with Crippen LogP contribution in [0.3, 0.4) is 0 Å². The molecule has 0 N–H and O–H groups in total. The van der Waals surface area contributed by atoms with Gasteiger partial charge in [0, 0.05) is 10.6 Å². The van der Waals surface area contributed by atoms with E-state index in [0.29, 0.717) is 15.8 Å². The highest BCUT2D eigenvalue weighted by atomic mass is 35.5. The molecule has 0 fully saturated rings. The fourth-order valence-electron chi connectivity index (χ4n) is 2.50. The second-order valence-corrected chi connectivity index (χ2v) is 5.91. The summed E-state index contributed by atoms with van der Waals surface area (Å²) in [5, 5.41) is 1.14. The van der Waals surface area contributed by atoms with Crippen molar-refractivity contribution in [3.63, 3.8) is 0 Å². The average Bonchev–Trinajstić information content (AvgIpc) is 2.51. The molecule has 2 aromatic carbocycles. The van der Waals surface area contributed by atoms with Crippen LogP contribution in [0, 0.1) is 0 Å². The first-order chi connectivity index (χ1) is 10.6. The molecule has 1 atom stereocenters. The highest BCUT2D eigenvalue weighted by Crippen LogP contribution is 2.39. The molecule has 22 heavy (non-hydrogen) atoms. The number of hydrogen-bond donors (Lipinski definition) is 0. The van der Waals surface area contributed by atoms with Gasteiger partial charge in [-0.1, -0.05) is 67.4 Å². The number of halogens is 2. The van der Waals surface area contributed by atoms with Crippen molar-refractivity contribution in [3.05, 3.63) is 52.5 Å². The van der Waals surface area contributed by atoms with E-state index in [1.807, 2.05) is 43.3 Å². The molecule has 0 radical (unpaired) electrons. The summed E-state index contributed by atoms with van der Waals surface area (Å²) in [4.78, 5) is 2.22. The molecule has 2 aromatic rings. The van der Waals surface area contributed by atoms with Crippen molar-refractivity contribution in [2.24, 2.45) is 0 Å². The molecule has 0 saturated carbocycles. The van der Waals surface area contributed by atoms with Crippen LogP contribution in [-0.4, -0.2) is 24.2 Å². The largest absolute Gasteiger partial charge is 0.473 e. The molecule has 0 aliphatic heterocycles. The maximum absolute atomic E-state index is 6.39. The molecule has 0 aliphatic carbocycles. The Bertz CT molecular complexity index is 612. The fourth-order valence-corrected chi connectivity index (χ4v) is 3.03. The standard InChI is InChI=1S/C18H21Cl2NO/c1-4-21(5-2)13(3)22-18-16(11-15(19)12-17(18)20)14-9-7-6-8-10-14/h6-13H,4-5H2,1-3H3. The van der Waals surface area contributed by atoms with Crippen LogP contribution in [0.2, 0.25) is 10.0 Å². The Balaban J connectivity index is 2.42. The van der Waals surface area contributed by atoms with Crippen LogP contribution in [-0.2, 0) is 0 Å². The molecular weight excluding hydrogens is 317 g/mol. The first kappa shape index (κ1) is 17.1. The normalized spacial score (nSPS) is 12.5. The van der Waals surface area contributed by atoms with E-state index >= 15 is 0 Å². The maximum atomic E-state index is 6.39. The second kappa shape index (κ2) is 7.87. The molecule has 0 amide bonds. The molecule has 0 bridgehead atoms. The molecule has 0 saturated heterocycles. The summed E-state index contributed by atoms with van der Waals surface area (Å²) in [5.74, 6) is 0.677. The van der Waals surface area contributed by atoms with Crippen molar-refractivity contribution in [2.45, 2.75) is 27.0 Å². The second-order valence-electron chi connectivity index (χ2n) is 5.07. The summed E-state index contributed by atoms with van der Waals surface area (Å²) in [6.07, 6.45) is -0.0591. The van der Waals surface area contributed by atoms with Gasteiger partial charge in [0.15, 0.2) is 0 Å². The Hall–Kier alpha value is -1.22. The first-order valence-electron chi connectivity index (χ1n) is 7.52. The highest BCUT2D eigenvalue weighted by molar-refractivity contribution is 6.36. The van der Waals surface area contributed by atoms with Gasteiger partial charge in [0.25, 0.3) is 0 Å². The third-order valence-corrected chi connectivity index (χ3v) is 4.21. The summed E-state index contributed by atoms with van der Waals surface area (Å²) in [7, 11) is 0. The summed E-state index contributed by atoms with van der Waals surface area (Å²) in [6, 6.07) is 13.6. The number of hydrogen-bond acceptors (Lipinski definition) is 2. The zero-order chi connectivity index (χ0) is 16.1. The van der Waals surface area contributed by atoms with Gasteiger partial charge in [0.1, 0.15) is 12.0 Å². The van der Waals surface area contributed by atoms with Crippen molar-refractivity contribution >= 4 is 23.2 Å². The predicted octanol–water partition coefficient (Wildman–Crippen LogP) is 5.73. The third kappa shape index (κ3) is 3.95. The smallest absolute Gasteiger partial charge is 0.149 e. The quantitative estimate of drug-likeness (QED) is 0.624. The third-order valence-electron chi connectivity index (χ3n) is 3.71. The summed E-state index contributed by atoms with van der Waals surface area (Å²) in [5.41, 5.74) is 1.95. The van der Waals surface area contributed by atoms with Crippen molar-refractivity contribution < 1.29 is 4.74 Å². The van der Waals surface area contributed by atoms with Gasteiger partial charge in [0.2, 0.25) is 0 Å². The van der Waals surface area contributed by atoms with Gasteiger partial charge < -0.3 is 4.74 Å². The van der Waals surface area contributed by atoms with E-state index in [-0.39, 0.29) is 6.23 Å². The summed E-state index contributed by atoms with van der Waals surface area (Å²) in [6.45, 7) is 8.11. The van der Waals surface area contributed by atoms with Gasteiger partial charge in [-0.15, -0.1) is 0 Å².